The Balaban J connectivity index is 4.38. The van der Waals surface area contributed by atoms with Crippen molar-refractivity contribution in [1.29, 1.82) is 0 Å². The van der Waals surface area contributed by atoms with E-state index >= 15 is 0 Å². The fourth-order valence-corrected chi connectivity index (χ4v) is 6.30. The SMILES string of the molecule is CCCCCCCCC/C=C/CCCCCC(=O)OC(COCCC(C(=O)[O-])[N+](C)(C)C)COC(=O)CCCCCCCCCCCCCCC. The van der Waals surface area contributed by atoms with Crippen molar-refractivity contribution in [3.8, 4) is 0 Å². The van der Waals surface area contributed by atoms with Gasteiger partial charge in [0.05, 0.1) is 40.3 Å². The molecule has 0 aliphatic rings. The second-order valence-electron chi connectivity index (χ2n) is 15.6. The molecular weight excluding hydrogens is 642 g/mol. The van der Waals surface area contributed by atoms with E-state index in [-0.39, 0.29) is 42.7 Å². The zero-order chi connectivity index (χ0) is 37.8. The zero-order valence-electron chi connectivity index (χ0n) is 34.0. The third-order valence-electron chi connectivity index (χ3n) is 9.65. The second-order valence-corrected chi connectivity index (χ2v) is 15.6. The normalized spacial score (nSPS) is 13.0. The van der Waals surface area contributed by atoms with Gasteiger partial charge in [-0.25, -0.2) is 0 Å². The number of carbonyl (C=O) groups is 3. The molecule has 0 rings (SSSR count). The summed E-state index contributed by atoms with van der Waals surface area (Å²) >= 11 is 0. The summed E-state index contributed by atoms with van der Waals surface area (Å²) < 4.78 is 17.1. The van der Waals surface area contributed by atoms with Crippen molar-refractivity contribution in [2.45, 2.75) is 206 Å². The highest BCUT2D eigenvalue weighted by atomic mass is 16.6. The van der Waals surface area contributed by atoms with Crippen molar-refractivity contribution in [3.63, 3.8) is 0 Å². The Morgan fingerprint density at radius 1 is 0.569 bits per heavy atom. The van der Waals surface area contributed by atoms with Crippen molar-refractivity contribution in [1.82, 2.24) is 0 Å². The molecule has 0 spiro atoms. The number of carboxylic acid groups (broad SMARTS) is 1. The number of likely N-dealkylation sites (N-methyl/N-ethyl adjacent to an activating group) is 1. The van der Waals surface area contributed by atoms with Crippen molar-refractivity contribution in [2.24, 2.45) is 0 Å². The summed E-state index contributed by atoms with van der Waals surface area (Å²) in [6, 6.07) is -0.723. The number of carbonyl (C=O) groups excluding carboxylic acids is 3. The molecule has 300 valence electrons. The van der Waals surface area contributed by atoms with Crippen LogP contribution >= 0.6 is 0 Å². The highest BCUT2D eigenvalue weighted by Crippen LogP contribution is 2.14. The topological polar surface area (TPSA) is 102 Å². The minimum atomic E-state index is -1.13. The number of quaternary nitrogens is 1. The maximum Gasteiger partial charge on any atom is 0.306 e. The van der Waals surface area contributed by atoms with E-state index in [1.165, 1.54) is 109 Å². The summed E-state index contributed by atoms with van der Waals surface area (Å²) in [6.07, 6.45) is 35.1. The third-order valence-corrected chi connectivity index (χ3v) is 9.65. The van der Waals surface area contributed by atoms with Gasteiger partial charge in [-0.15, -0.1) is 0 Å². The molecule has 0 amide bonds. The Kier molecular flexibility index (Phi) is 33.8. The number of hydrogen-bond acceptors (Lipinski definition) is 7. The Morgan fingerprint density at radius 2 is 0.980 bits per heavy atom. The molecule has 0 saturated heterocycles. The molecule has 51 heavy (non-hydrogen) atoms. The standard InChI is InChI=1S/C43H81NO7/c1-6-8-10-12-14-16-18-20-22-24-26-28-30-32-34-42(46)51-39(37-49-36-35-40(43(47)48)44(3,4)5)38-50-41(45)33-31-29-27-25-23-21-19-17-15-13-11-9-7-2/h22,24,39-40H,6-21,23,25-38H2,1-5H3/b24-22+. The quantitative estimate of drug-likeness (QED) is 0.0271. The van der Waals surface area contributed by atoms with Crippen LogP contribution in [0.2, 0.25) is 0 Å². The van der Waals surface area contributed by atoms with Crippen LogP contribution < -0.4 is 5.11 Å². The fraction of sp³-hybridized carbons (Fsp3) is 0.884. The number of allylic oxidation sites excluding steroid dienone is 2. The van der Waals surface area contributed by atoms with Crippen molar-refractivity contribution < 1.29 is 38.2 Å². The van der Waals surface area contributed by atoms with Gasteiger partial charge < -0.3 is 28.6 Å². The van der Waals surface area contributed by atoms with E-state index in [0.717, 1.165) is 51.4 Å². The Bertz CT molecular complexity index is 854. The minimum Gasteiger partial charge on any atom is -0.544 e. The van der Waals surface area contributed by atoms with E-state index in [9.17, 15) is 19.5 Å². The average molecular weight is 724 g/mol. The van der Waals surface area contributed by atoms with Gasteiger partial charge >= 0.3 is 11.9 Å². The molecule has 0 radical (unpaired) electrons. The molecule has 0 heterocycles. The van der Waals surface area contributed by atoms with Crippen molar-refractivity contribution >= 4 is 17.9 Å². The predicted octanol–water partition coefficient (Wildman–Crippen LogP) is 9.80. The highest BCUT2D eigenvalue weighted by Gasteiger charge is 2.25. The molecule has 0 saturated carbocycles. The summed E-state index contributed by atoms with van der Waals surface area (Å²) in [6.45, 7) is 4.65. The Labute approximate surface area is 314 Å². The number of nitrogens with zero attached hydrogens (tertiary/aromatic N) is 1. The number of esters is 2. The van der Waals surface area contributed by atoms with Crippen LogP contribution in [0, 0.1) is 0 Å². The lowest BCUT2D eigenvalue weighted by Gasteiger charge is -2.34. The van der Waals surface area contributed by atoms with Gasteiger partial charge in [-0.1, -0.05) is 148 Å². The molecular formula is C43H81NO7. The smallest absolute Gasteiger partial charge is 0.306 e. The number of ether oxygens (including phenoxy) is 3. The molecule has 0 aliphatic carbocycles. The summed E-state index contributed by atoms with van der Waals surface area (Å²) in [5.74, 6) is -1.74. The maximum absolute atomic E-state index is 12.7. The van der Waals surface area contributed by atoms with Crippen molar-refractivity contribution in [3.05, 3.63) is 12.2 Å². The monoisotopic (exact) mass is 724 g/mol. The first kappa shape index (κ1) is 49.1. The summed E-state index contributed by atoms with van der Waals surface area (Å²) in [4.78, 5) is 36.7. The Morgan fingerprint density at radius 3 is 1.43 bits per heavy atom. The summed E-state index contributed by atoms with van der Waals surface area (Å²) in [5, 5.41) is 11.6. The minimum absolute atomic E-state index is 0.0399. The van der Waals surface area contributed by atoms with Gasteiger partial charge in [0.1, 0.15) is 12.6 Å². The van der Waals surface area contributed by atoms with E-state index in [2.05, 4.69) is 26.0 Å². The number of hydrogen-bond donors (Lipinski definition) is 0. The van der Waals surface area contributed by atoms with Crippen LogP contribution in [0.4, 0.5) is 0 Å². The summed E-state index contributed by atoms with van der Waals surface area (Å²) in [5.41, 5.74) is 0. The van der Waals surface area contributed by atoms with Crippen LogP contribution in [0.5, 0.6) is 0 Å². The van der Waals surface area contributed by atoms with E-state index in [0.29, 0.717) is 12.8 Å². The molecule has 0 aromatic heterocycles. The fourth-order valence-electron chi connectivity index (χ4n) is 6.30. The molecule has 0 aromatic rings. The van der Waals surface area contributed by atoms with Crippen LogP contribution in [0.3, 0.4) is 0 Å². The van der Waals surface area contributed by atoms with E-state index < -0.39 is 18.1 Å². The van der Waals surface area contributed by atoms with Crippen molar-refractivity contribution in [2.75, 3.05) is 41.0 Å². The Hall–Kier alpha value is -1.93. The largest absolute Gasteiger partial charge is 0.544 e. The van der Waals surface area contributed by atoms with Gasteiger partial charge in [0, 0.05) is 19.3 Å². The number of rotatable bonds is 38. The lowest BCUT2D eigenvalue weighted by atomic mass is 10.0. The van der Waals surface area contributed by atoms with E-state index in [1.807, 2.05) is 0 Å². The molecule has 8 nitrogen and oxygen atoms in total. The van der Waals surface area contributed by atoms with Gasteiger partial charge in [-0.2, -0.15) is 0 Å². The van der Waals surface area contributed by atoms with Crippen LogP contribution in [0.15, 0.2) is 12.2 Å². The van der Waals surface area contributed by atoms with E-state index in [4.69, 9.17) is 14.2 Å². The zero-order valence-corrected chi connectivity index (χ0v) is 34.0. The van der Waals surface area contributed by atoms with Gasteiger partial charge in [0.25, 0.3) is 0 Å². The van der Waals surface area contributed by atoms with Crippen LogP contribution in [-0.2, 0) is 28.6 Å². The highest BCUT2D eigenvalue weighted by molar-refractivity contribution is 5.70. The maximum atomic E-state index is 12.7. The van der Waals surface area contributed by atoms with Crippen LogP contribution in [0.25, 0.3) is 0 Å². The molecule has 0 N–H and O–H groups in total. The first-order valence-corrected chi connectivity index (χ1v) is 21.2. The molecule has 0 aliphatic heterocycles. The molecule has 8 heteroatoms. The van der Waals surface area contributed by atoms with Crippen LogP contribution in [0.1, 0.15) is 194 Å². The first-order valence-electron chi connectivity index (χ1n) is 21.2. The average Bonchev–Trinajstić information content (AvgIpc) is 3.08. The molecule has 0 bridgehead atoms. The third kappa shape index (κ3) is 33.6. The number of unbranched alkanes of at least 4 members (excludes halogenated alkanes) is 22. The summed E-state index contributed by atoms with van der Waals surface area (Å²) in [7, 11) is 5.40. The lowest BCUT2D eigenvalue weighted by molar-refractivity contribution is -0.889. The first-order chi connectivity index (χ1) is 24.6. The molecule has 0 aromatic carbocycles. The van der Waals surface area contributed by atoms with Gasteiger partial charge in [-0.05, 0) is 38.5 Å². The van der Waals surface area contributed by atoms with E-state index in [1.54, 1.807) is 21.1 Å². The lowest BCUT2D eigenvalue weighted by Crippen LogP contribution is -2.55. The van der Waals surface area contributed by atoms with Gasteiger partial charge in [-0.3, -0.25) is 9.59 Å². The van der Waals surface area contributed by atoms with Gasteiger partial charge in [0.15, 0.2) is 6.10 Å². The van der Waals surface area contributed by atoms with Gasteiger partial charge in [0.2, 0.25) is 0 Å². The number of aliphatic carboxylic acids is 1. The van der Waals surface area contributed by atoms with Crippen LogP contribution in [-0.4, -0.2) is 75.5 Å². The predicted molar refractivity (Wildman–Crippen MR) is 208 cm³/mol. The molecule has 2 unspecified atom stereocenters. The number of carboxylic acids is 1. The molecule has 2 atom stereocenters. The second kappa shape index (κ2) is 35.1. The molecule has 0 fully saturated rings.